The normalized spacial score (nSPS) is 10.5. The highest BCUT2D eigenvalue weighted by Crippen LogP contribution is 2.20. The third-order valence-corrected chi connectivity index (χ3v) is 3.71. The molecule has 1 aromatic carbocycles. The van der Waals surface area contributed by atoms with Crippen LogP contribution in [0.4, 0.5) is 10.5 Å². The van der Waals surface area contributed by atoms with E-state index in [9.17, 15) is 4.79 Å². The molecule has 2 amide bonds. The summed E-state index contributed by atoms with van der Waals surface area (Å²) in [5, 5.41) is 10.5. The van der Waals surface area contributed by atoms with Crippen LogP contribution in [0.5, 0.6) is 0 Å². The quantitative estimate of drug-likeness (QED) is 0.908. The van der Waals surface area contributed by atoms with Crippen LogP contribution in [0.25, 0.3) is 0 Å². The lowest BCUT2D eigenvalue weighted by atomic mass is 10.2. The average Bonchev–Trinajstić information content (AvgIpc) is 2.74. The number of hydrogen-bond donors (Lipinski definition) is 2. The summed E-state index contributed by atoms with van der Waals surface area (Å²) in [4.78, 5) is 11.9. The molecule has 0 saturated heterocycles. The van der Waals surface area contributed by atoms with Gasteiger partial charge in [-0.05, 0) is 32.9 Å². The fourth-order valence-corrected chi connectivity index (χ4v) is 2.38. The minimum Gasteiger partial charge on any atom is -0.334 e. The molecule has 1 aromatic heterocycles. The number of nitrogens with one attached hydrogen (secondary N) is 2. The van der Waals surface area contributed by atoms with Crippen molar-refractivity contribution in [2.75, 3.05) is 5.32 Å². The van der Waals surface area contributed by atoms with Gasteiger partial charge in [0.25, 0.3) is 0 Å². The Hall–Kier alpha value is -2.01. The molecule has 0 atom stereocenters. The van der Waals surface area contributed by atoms with Crippen molar-refractivity contribution < 1.29 is 4.79 Å². The first-order valence-electron chi connectivity index (χ1n) is 6.85. The molecule has 0 aliphatic carbocycles. The van der Waals surface area contributed by atoms with Gasteiger partial charge in [-0.2, -0.15) is 5.10 Å². The first-order valence-corrected chi connectivity index (χ1v) is 7.23. The number of anilines is 1. The third-order valence-electron chi connectivity index (χ3n) is 3.38. The number of amides is 2. The van der Waals surface area contributed by atoms with E-state index in [1.54, 1.807) is 12.1 Å². The van der Waals surface area contributed by atoms with Crippen molar-refractivity contribution in [3.05, 3.63) is 46.2 Å². The molecule has 2 aromatic rings. The Morgan fingerprint density at radius 1 is 1.33 bits per heavy atom. The number of para-hydroxylation sites is 1. The van der Waals surface area contributed by atoms with Gasteiger partial charge >= 0.3 is 6.03 Å². The Bertz CT molecular complexity index is 651. The molecule has 0 unspecified atom stereocenters. The van der Waals surface area contributed by atoms with Crippen molar-refractivity contribution in [1.82, 2.24) is 15.1 Å². The van der Waals surface area contributed by atoms with Crippen molar-refractivity contribution in [1.29, 1.82) is 0 Å². The molecule has 0 saturated carbocycles. The van der Waals surface area contributed by atoms with Crippen LogP contribution in [0.2, 0.25) is 5.02 Å². The molecule has 2 rings (SSSR count). The van der Waals surface area contributed by atoms with Gasteiger partial charge in [-0.1, -0.05) is 23.7 Å². The average molecular weight is 307 g/mol. The zero-order valence-corrected chi connectivity index (χ0v) is 13.2. The second-order valence-corrected chi connectivity index (χ2v) is 5.16. The van der Waals surface area contributed by atoms with E-state index >= 15 is 0 Å². The van der Waals surface area contributed by atoms with Gasteiger partial charge in [0, 0.05) is 24.3 Å². The summed E-state index contributed by atoms with van der Waals surface area (Å²) in [5.74, 6) is 0. The van der Waals surface area contributed by atoms with Gasteiger partial charge in [0.1, 0.15) is 0 Å². The summed E-state index contributed by atoms with van der Waals surface area (Å²) >= 11 is 6.00. The number of urea groups is 1. The summed E-state index contributed by atoms with van der Waals surface area (Å²) in [7, 11) is 0. The second kappa shape index (κ2) is 6.63. The predicted octanol–water partition coefficient (Wildman–Crippen LogP) is 3.49. The Balaban J connectivity index is 1.99. The molecule has 0 aliphatic heterocycles. The first kappa shape index (κ1) is 15.4. The van der Waals surface area contributed by atoms with Crippen LogP contribution in [0.15, 0.2) is 24.3 Å². The third kappa shape index (κ3) is 3.55. The fraction of sp³-hybridized carbons (Fsp3) is 0.333. The van der Waals surface area contributed by atoms with Crippen molar-refractivity contribution >= 4 is 23.3 Å². The van der Waals surface area contributed by atoms with Crippen LogP contribution in [-0.4, -0.2) is 15.8 Å². The van der Waals surface area contributed by atoms with E-state index in [2.05, 4.69) is 15.7 Å². The molecule has 0 bridgehead atoms. The molecule has 21 heavy (non-hydrogen) atoms. The van der Waals surface area contributed by atoms with E-state index in [0.717, 1.165) is 23.5 Å². The summed E-state index contributed by atoms with van der Waals surface area (Å²) in [5.41, 5.74) is 3.65. The van der Waals surface area contributed by atoms with Crippen LogP contribution in [0.3, 0.4) is 0 Å². The molecule has 1 heterocycles. The number of benzene rings is 1. The molecule has 0 radical (unpaired) electrons. The molecular formula is C15H19ClN4O. The SMILES string of the molecule is CCn1nc(C)c(CNC(=O)Nc2ccccc2Cl)c1C. The van der Waals surface area contributed by atoms with E-state index in [0.29, 0.717) is 17.3 Å². The highest BCUT2D eigenvalue weighted by atomic mass is 35.5. The van der Waals surface area contributed by atoms with E-state index in [4.69, 9.17) is 11.6 Å². The number of aryl methyl sites for hydroxylation is 2. The molecule has 6 heteroatoms. The van der Waals surface area contributed by atoms with E-state index in [1.165, 1.54) is 0 Å². The molecular weight excluding hydrogens is 288 g/mol. The van der Waals surface area contributed by atoms with Gasteiger partial charge in [-0.15, -0.1) is 0 Å². The number of rotatable bonds is 4. The van der Waals surface area contributed by atoms with Crippen LogP contribution < -0.4 is 10.6 Å². The van der Waals surface area contributed by atoms with Crippen LogP contribution in [0.1, 0.15) is 23.9 Å². The maximum absolute atomic E-state index is 11.9. The van der Waals surface area contributed by atoms with Crippen molar-refractivity contribution in [2.24, 2.45) is 0 Å². The zero-order chi connectivity index (χ0) is 15.4. The van der Waals surface area contributed by atoms with Gasteiger partial charge in [0.2, 0.25) is 0 Å². The lowest BCUT2D eigenvalue weighted by molar-refractivity contribution is 0.251. The Morgan fingerprint density at radius 2 is 2.05 bits per heavy atom. The van der Waals surface area contributed by atoms with E-state index < -0.39 is 0 Å². The zero-order valence-electron chi connectivity index (χ0n) is 12.4. The number of nitrogens with zero attached hydrogens (tertiary/aromatic N) is 2. The summed E-state index contributed by atoms with van der Waals surface area (Å²) in [6.45, 7) is 7.25. The Labute approximate surface area is 129 Å². The summed E-state index contributed by atoms with van der Waals surface area (Å²) in [6.07, 6.45) is 0. The standard InChI is InChI=1S/C15H19ClN4O/c1-4-20-11(3)12(10(2)19-20)9-17-15(21)18-14-8-6-5-7-13(14)16/h5-8H,4,9H2,1-3H3,(H2,17,18,21). The molecule has 2 N–H and O–H groups in total. The maximum atomic E-state index is 11.9. The Morgan fingerprint density at radius 3 is 2.67 bits per heavy atom. The van der Waals surface area contributed by atoms with Crippen LogP contribution in [-0.2, 0) is 13.1 Å². The number of aromatic nitrogens is 2. The van der Waals surface area contributed by atoms with Crippen molar-refractivity contribution in [3.63, 3.8) is 0 Å². The highest BCUT2D eigenvalue weighted by Gasteiger charge is 2.12. The summed E-state index contributed by atoms with van der Waals surface area (Å²) < 4.78 is 1.93. The highest BCUT2D eigenvalue weighted by molar-refractivity contribution is 6.33. The Kier molecular flexibility index (Phi) is 4.85. The van der Waals surface area contributed by atoms with Crippen LogP contribution >= 0.6 is 11.6 Å². The lowest BCUT2D eigenvalue weighted by Crippen LogP contribution is -2.28. The second-order valence-electron chi connectivity index (χ2n) is 4.75. The molecule has 0 fully saturated rings. The monoisotopic (exact) mass is 306 g/mol. The van der Waals surface area contributed by atoms with Crippen LogP contribution in [0, 0.1) is 13.8 Å². The molecule has 0 aliphatic rings. The molecule has 0 spiro atoms. The largest absolute Gasteiger partial charge is 0.334 e. The molecule has 112 valence electrons. The predicted molar refractivity (Wildman–Crippen MR) is 84.7 cm³/mol. The number of carbonyl (C=O) groups is 1. The van der Waals surface area contributed by atoms with Gasteiger partial charge in [-0.3, -0.25) is 4.68 Å². The minimum atomic E-state index is -0.286. The summed E-state index contributed by atoms with van der Waals surface area (Å²) in [6, 6.07) is 6.84. The minimum absolute atomic E-state index is 0.286. The van der Waals surface area contributed by atoms with E-state index in [1.807, 2.05) is 37.6 Å². The van der Waals surface area contributed by atoms with Gasteiger partial charge in [-0.25, -0.2) is 4.79 Å². The smallest absolute Gasteiger partial charge is 0.319 e. The van der Waals surface area contributed by atoms with Crippen molar-refractivity contribution in [2.45, 2.75) is 33.9 Å². The lowest BCUT2D eigenvalue weighted by Gasteiger charge is -2.09. The van der Waals surface area contributed by atoms with Gasteiger partial charge in [0.15, 0.2) is 0 Å². The van der Waals surface area contributed by atoms with Gasteiger partial charge < -0.3 is 10.6 Å². The number of halogens is 1. The first-order chi connectivity index (χ1) is 10.0. The number of carbonyl (C=O) groups excluding carboxylic acids is 1. The van der Waals surface area contributed by atoms with E-state index in [-0.39, 0.29) is 6.03 Å². The maximum Gasteiger partial charge on any atom is 0.319 e. The molecule has 5 nitrogen and oxygen atoms in total. The van der Waals surface area contributed by atoms with Crippen molar-refractivity contribution in [3.8, 4) is 0 Å². The topological polar surface area (TPSA) is 59.0 Å². The van der Waals surface area contributed by atoms with Gasteiger partial charge in [0.05, 0.1) is 16.4 Å². The number of hydrogen-bond acceptors (Lipinski definition) is 2. The fourth-order valence-electron chi connectivity index (χ4n) is 2.20.